The van der Waals surface area contributed by atoms with Gasteiger partial charge in [0, 0.05) is 30.0 Å². The Morgan fingerprint density at radius 3 is 2.76 bits per heavy atom. The number of nitriles is 1. The molecule has 0 spiro atoms. The van der Waals surface area contributed by atoms with Crippen LogP contribution in [0.25, 0.3) is 11.0 Å². The summed E-state index contributed by atoms with van der Waals surface area (Å²) in [5.74, 6) is 1.13. The van der Waals surface area contributed by atoms with Crippen LogP contribution in [0.4, 0.5) is 10.5 Å². The number of hydrogen-bond acceptors (Lipinski definition) is 4. The second-order valence-corrected chi connectivity index (χ2v) is 9.37. The van der Waals surface area contributed by atoms with Gasteiger partial charge in [-0.1, -0.05) is 36.8 Å². The number of carbonyl (C=O) groups is 1. The van der Waals surface area contributed by atoms with Gasteiger partial charge in [0.25, 0.3) is 0 Å². The highest BCUT2D eigenvalue weighted by Crippen LogP contribution is 2.40. The quantitative estimate of drug-likeness (QED) is 0.515. The Kier molecular flexibility index (Phi) is 5.80. The molecule has 0 unspecified atom stereocenters. The van der Waals surface area contributed by atoms with Crippen molar-refractivity contribution in [2.45, 2.75) is 64.0 Å². The van der Waals surface area contributed by atoms with Crippen molar-refractivity contribution in [3.63, 3.8) is 0 Å². The van der Waals surface area contributed by atoms with Crippen LogP contribution in [0.1, 0.15) is 62.0 Å². The van der Waals surface area contributed by atoms with E-state index in [-0.39, 0.29) is 24.1 Å². The second-order valence-electron chi connectivity index (χ2n) is 9.37. The SMILES string of the molecule is COC(=O)N1c2ccc3c(nc(Cc4ccccc4)n3[C@@H]3CCC[C@H](C#N)C3)c2CC[C@@H]1C. The lowest BCUT2D eigenvalue weighted by atomic mass is 9.86. The molecule has 2 aromatic carbocycles. The van der Waals surface area contributed by atoms with E-state index in [9.17, 15) is 10.1 Å². The fraction of sp³-hybridized carbons (Fsp3) is 0.444. The molecule has 3 atom stereocenters. The van der Waals surface area contributed by atoms with Crippen molar-refractivity contribution < 1.29 is 9.53 Å². The van der Waals surface area contributed by atoms with Crippen LogP contribution in [0.5, 0.6) is 0 Å². The zero-order valence-corrected chi connectivity index (χ0v) is 19.3. The highest BCUT2D eigenvalue weighted by Gasteiger charge is 2.33. The van der Waals surface area contributed by atoms with Gasteiger partial charge in [-0.2, -0.15) is 5.26 Å². The van der Waals surface area contributed by atoms with Gasteiger partial charge in [-0.15, -0.1) is 0 Å². The van der Waals surface area contributed by atoms with Crippen LogP contribution in [0, 0.1) is 17.2 Å². The summed E-state index contributed by atoms with van der Waals surface area (Å²) in [5, 5.41) is 9.59. The van der Waals surface area contributed by atoms with Crippen LogP contribution in [0.2, 0.25) is 0 Å². The molecule has 6 heteroatoms. The molecule has 1 aliphatic carbocycles. The first-order valence-electron chi connectivity index (χ1n) is 11.9. The number of aromatic nitrogens is 2. The number of ether oxygens (including phenoxy) is 1. The maximum atomic E-state index is 12.6. The van der Waals surface area contributed by atoms with E-state index >= 15 is 0 Å². The Balaban J connectivity index is 1.66. The number of methoxy groups -OCH3 is 1. The van der Waals surface area contributed by atoms with Crippen LogP contribution < -0.4 is 4.90 Å². The molecule has 1 aromatic heterocycles. The second kappa shape index (κ2) is 8.90. The molecular weight excluding hydrogens is 412 g/mol. The first kappa shape index (κ1) is 21.5. The zero-order chi connectivity index (χ0) is 22.9. The van der Waals surface area contributed by atoms with Crippen LogP contribution in [-0.2, 0) is 17.6 Å². The molecular formula is C27H30N4O2. The number of fused-ring (bicyclic) bond motifs is 3. The maximum absolute atomic E-state index is 12.6. The number of amides is 1. The summed E-state index contributed by atoms with van der Waals surface area (Å²) < 4.78 is 7.48. The zero-order valence-electron chi connectivity index (χ0n) is 19.3. The first-order chi connectivity index (χ1) is 16.1. The van der Waals surface area contributed by atoms with Crippen LogP contribution >= 0.6 is 0 Å². The molecule has 1 fully saturated rings. The molecule has 3 aromatic rings. The van der Waals surface area contributed by atoms with Crippen molar-refractivity contribution in [2.75, 3.05) is 12.0 Å². The molecule has 0 bridgehead atoms. The summed E-state index contributed by atoms with van der Waals surface area (Å²) >= 11 is 0. The molecule has 2 heterocycles. The molecule has 5 rings (SSSR count). The summed E-state index contributed by atoms with van der Waals surface area (Å²) in [5.41, 5.74) is 5.35. The minimum Gasteiger partial charge on any atom is -0.452 e. The third kappa shape index (κ3) is 3.86. The van der Waals surface area contributed by atoms with Crippen molar-refractivity contribution in [1.29, 1.82) is 5.26 Å². The molecule has 1 amide bonds. The van der Waals surface area contributed by atoms with Gasteiger partial charge in [0.2, 0.25) is 0 Å². The summed E-state index contributed by atoms with van der Waals surface area (Å²) in [6.45, 7) is 2.06. The normalized spacial score (nSPS) is 22.6. The van der Waals surface area contributed by atoms with Crippen molar-refractivity contribution in [3.05, 3.63) is 59.4 Å². The molecule has 0 N–H and O–H groups in total. The number of carbonyl (C=O) groups excluding carboxylic acids is 1. The van der Waals surface area contributed by atoms with Crippen LogP contribution in [0.3, 0.4) is 0 Å². The summed E-state index contributed by atoms with van der Waals surface area (Å²) in [7, 11) is 1.43. The Bertz CT molecular complexity index is 1210. The molecule has 0 radical (unpaired) electrons. The van der Waals surface area contributed by atoms with Gasteiger partial charge in [0.1, 0.15) is 5.82 Å². The van der Waals surface area contributed by atoms with Gasteiger partial charge in [0.05, 0.1) is 29.9 Å². The Morgan fingerprint density at radius 1 is 1.18 bits per heavy atom. The molecule has 1 saturated carbocycles. The van der Waals surface area contributed by atoms with Crippen molar-refractivity contribution in [1.82, 2.24) is 9.55 Å². The summed E-state index contributed by atoms with van der Waals surface area (Å²) in [4.78, 5) is 19.5. The highest BCUT2D eigenvalue weighted by atomic mass is 16.5. The number of anilines is 1. The number of nitrogens with zero attached hydrogens (tertiary/aromatic N) is 4. The largest absolute Gasteiger partial charge is 0.452 e. The van der Waals surface area contributed by atoms with E-state index in [1.54, 1.807) is 4.90 Å². The van der Waals surface area contributed by atoms with E-state index in [2.05, 4.69) is 54.0 Å². The minimum atomic E-state index is -0.323. The van der Waals surface area contributed by atoms with E-state index in [1.165, 1.54) is 12.7 Å². The number of benzene rings is 2. The fourth-order valence-electron chi connectivity index (χ4n) is 5.65. The standard InChI is InChI=1S/C27H30N4O2/c1-18-11-12-22-23(30(18)27(32)33-2)13-14-24-26(22)29-25(16-19-7-4-3-5-8-19)31(24)21-10-6-9-20(15-21)17-28/h3-5,7-8,13-14,18,20-21H,6,9-12,15-16H2,1-2H3/t18-,20-,21+/m0/s1. The fourth-order valence-corrected chi connectivity index (χ4v) is 5.65. The number of hydrogen-bond donors (Lipinski definition) is 0. The molecule has 2 aliphatic rings. The van der Waals surface area contributed by atoms with E-state index in [0.717, 1.165) is 73.1 Å². The average Bonchev–Trinajstić information content (AvgIpc) is 3.22. The molecule has 170 valence electrons. The van der Waals surface area contributed by atoms with Crippen LogP contribution in [-0.4, -0.2) is 28.8 Å². The smallest absolute Gasteiger partial charge is 0.414 e. The lowest BCUT2D eigenvalue weighted by Crippen LogP contribution is -2.42. The van der Waals surface area contributed by atoms with Gasteiger partial charge < -0.3 is 9.30 Å². The van der Waals surface area contributed by atoms with Gasteiger partial charge in [-0.25, -0.2) is 9.78 Å². The Hall–Kier alpha value is -3.33. The van der Waals surface area contributed by atoms with Crippen molar-refractivity contribution in [2.24, 2.45) is 5.92 Å². The van der Waals surface area contributed by atoms with Gasteiger partial charge in [-0.05, 0) is 56.7 Å². The number of imidazole rings is 1. The number of aryl methyl sites for hydroxylation is 1. The topological polar surface area (TPSA) is 71.2 Å². The van der Waals surface area contributed by atoms with Crippen molar-refractivity contribution >= 4 is 22.8 Å². The van der Waals surface area contributed by atoms with Crippen LogP contribution in [0.15, 0.2) is 42.5 Å². The number of rotatable bonds is 3. The third-order valence-corrected chi connectivity index (χ3v) is 7.30. The Labute approximate surface area is 194 Å². The molecule has 0 saturated heterocycles. The van der Waals surface area contributed by atoms with Gasteiger partial charge >= 0.3 is 6.09 Å². The summed E-state index contributed by atoms with van der Waals surface area (Å²) in [6.07, 6.45) is 6.16. The minimum absolute atomic E-state index is 0.0861. The molecule has 1 aliphatic heterocycles. The average molecular weight is 443 g/mol. The van der Waals surface area contributed by atoms with E-state index in [0.29, 0.717) is 0 Å². The van der Waals surface area contributed by atoms with E-state index < -0.39 is 0 Å². The Morgan fingerprint density at radius 2 is 2.00 bits per heavy atom. The first-order valence-corrected chi connectivity index (χ1v) is 11.9. The molecule has 6 nitrogen and oxygen atoms in total. The lowest BCUT2D eigenvalue weighted by molar-refractivity contribution is 0.175. The predicted octanol–water partition coefficient (Wildman–Crippen LogP) is 5.79. The predicted molar refractivity (Wildman–Crippen MR) is 128 cm³/mol. The highest BCUT2D eigenvalue weighted by molar-refractivity contribution is 5.95. The van der Waals surface area contributed by atoms with Gasteiger partial charge in [-0.3, -0.25) is 4.90 Å². The van der Waals surface area contributed by atoms with E-state index in [4.69, 9.17) is 9.72 Å². The lowest BCUT2D eigenvalue weighted by Gasteiger charge is -2.34. The maximum Gasteiger partial charge on any atom is 0.414 e. The van der Waals surface area contributed by atoms with E-state index in [1.807, 2.05) is 6.07 Å². The summed E-state index contributed by atoms with van der Waals surface area (Å²) in [6, 6.07) is 17.5. The monoisotopic (exact) mass is 442 g/mol. The van der Waals surface area contributed by atoms with Crippen molar-refractivity contribution in [3.8, 4) is 6.07 Å². The molecule has 33 heavy (non-hydrogen) atoms. The van der Waals surface area contributed by atoms with Gasteiger partial charge in [0.15, 0.2) is 0 Å². The third-order valence-electron chi connectivity index (χ3n) is 7.30.